The molecule has 2 amide bonds. The van der Waals surface area contributed by atoms with Gasteiger partial charge in [-0.1, -0.05) is 31.4 Å². The third-order valence-corrected chi connectivity index (χ3v) is 8.80. The first-order chi connectivity index (χ1) is 21.4. The fourth-order valence-electron chi connectivity index (χ4n) is 4.63. The van der Waals surface area contributed by atoms with E-state index in [0.29, 0.717) is 36.7 Å². The van der Waals surface area contributed by atoms with E-state index in [9.17, 15) is 31.9 Å². The fourth-order valence-corrected chi connectivity index (χ4v) is 6.15. The Balaban J connectivity index is 1.80. The van der Waals surface area contributed by atoms with Crippen LogP contribution in [-0.2, 0) is 27.6 Å². The number of aliphatic hydroxyl groups excluding tert-OH is 1. The number of aryl methyl sites for hydroxylation is 1. The monoisotopic (exact) mass is 643 g/mol. The lowest BCUT2D eigenvalue weighted by Gasteiger charge is -2.27. The quantitative estimate of drug-likeness (QED) is 0.142. The summed E-state index contributed by atoms with van der Waals surface area (Å²) < 4.78 is 53.2. The molecule has 0 aliphatic rings. The average Bonchev–Trinajstić information content (AvgIpc) is 3.43. The van der Waals surface area contributed by atoms with Gasteiger partial charge in [0, 0.05) is 30.4 Å². The van der Waals surface area contributed by atoms with E-state index in [-0.39, 0.29) is 42.1 Å². The number of aromatic nitrogens is 2. The van der Waals surface area contributed by atoms with Crippen LogP contribution >= 0.6 is 0 Å². The number of H-pyrrole nitrogens is 1. The van der Waals surface area contributed by atoms with Crippen LogP contribution in [0.1, 0.15) is 59.1 Å². The lowest BCUT2D eigenvalue weighted by atomic mass is 9.99. The van der Waals surface area contributed by atoms with Crippen molar-refractivity contribution in [3.63, 3.8) is 0 Å². The third-order valence-electron chi connectivity index (χ3n) is 7.03. The second-order valence-electron chi connectivity index (χ2n) is 10.9. The van der Waals surface area contributed by atoms with Gasteiger partial charge in [0.1, 0.15) is 33.2 Å². The van der Waals surface area contributed by atoms with Crippen LogP contribution in [0, 0.1) is 30.9 Å². The number of hydrogen-bond acceptors (Lipinski definition) is 7. The number of aliphatic hydroxyl groups is 1. The number of unbranched alkanes of at least 4 members (excludes halogenated alkanes) is 1. The minimum Gasteiger partial charge on any atom is -0.390 e. The van der Waals surface area contributed by atoms with Gasteiger partial charge in [0.25, 0.3) is 5.91 Å². The maximum Gasteiger partial charge on any atom is 0.272 e. The first-order valence-electron chi connectivity index (χ1n) is 14.6. The molecule has 3 aromatic rings. The Morgan fingerprint density at radius 1 is 1.07 bits per heavy atom. The Bertz CT molecular complexity index is 1580. The van der Waals surface area contributed by atoms with Crippen LogP contribution in [0.25, 0.3) is 0 Å². The van der Waals surface area contributed by atoms with Crippen molar-refractivity contribution in [2.24, 2.45) is 0 Å². The van der Waals surface area contributed by atoms with Gasteiger partial charge in [0.05, 0.1) is 23.7 Å². The SMILES string of the molecule is C#Cc1cccc(CNC[C@H](O)[C@H](Cc2cc(F)cc(F)c2)NC(=O)[C@@H](CCS(=O)(=O)CCCC)NC(=O)c2cc(C)[nH]n2)c1. The molecule has 0 spiro atoms. The molecule has 0 unspecified atom stereocenters. The normalized spacial score (nSPS) is 13.4. The van der Waals surface area contributed by atoms with Crippen molar-refractivity contribution in [3.8, 4) is 12.3 Å². The summed E-state index contributed by atoms with van der Waals surface area (Å²) in [6.07, 6.45) is 4.93. The van der Waals surface area contributed by atoms with Crippen molar-refractivity contribution < 1.29 is 31.9 Å². The van der Waals surface area contributed by atoms with Gasteiger partial charge in [-0.2, -0.15) is 5.10 Å². The molecular weight excluding hydrogens is 604 g/mol. The van der Waals surface area contributed by atoms with Crippen LogP contribution in [0.4, 0.5) is 8.78 Å². The number of sulfone groups is 1. The molecule has 2 aromatic carbocycles. The lowest BCUT2D eigenvalue weighted by molar-refractivity contribution is -0.124. The Labute approximate surface area is 262 Å². The Morgan fingerprint density at radius 3 is 2.44 bits per heavy atom. The molecule has 0 aliphatic heterocycles. The number of rotatable bonds is 17. The zero-order valence-electron chi connectivity index (χ0n) is 25.3. The van der Waals surface area contributed by atoms with Crippen LogP contribution in [0.15, 0.2) is 48.5 Å². The Kier molecular flexibility index (Phi) is 13.2. The number of terminal acetylenes is 1. The number of halogens is 2. The summed E-state index contributed by atoms with van der Waals surface area (Å²) in [4.78, 5) is 26.5. The van der Waals surface area contributed by atoms with E-state index in [2.05, 4.69) is 32.1 Å². The number of nitrogens with zero attached hydrogens (tertiary/aromatic N) is 1. The summed E-state index contributed by atoms with van der Waals surface area (Å²) in [7, 11) is -3.52. The van der Waals surface area contributed by atoms with Crippen molar-refractivity contribution >= 4 is 21.7 Å². The smallest absolute Gasteiger partial charge is 0.272 e. The maximum absolute atomic E-state index is 14.0. The number of carbonyl (C=O) groups is 2. The molecule has 3 rings (SSSR count). The highest BCUT2D eigenvalue weighted by Gasteiger charge is 2.29. The van der Waals surface area contributed by atoms with E-state index in [1.807, 2.05) is 13.0 Å². The van der Waals surface area contributed by atoms with E-state index >= 15 is 0 Å². The summed E-state index contributed by atoms with van der Waals surface area (Å²) in [5.41, 5.74) is 2.32. The van der Waals surface area contributed by atoms with E-state index in [4.69, 9.17) is 6.42 Å². The van der Waals surface area contributed by atoms with Gasteiger partial charge in [0.15, 0.2) is 0 Å². The fraction of sp³-hybridized carbons (Fsp3) is 0.406. The molecule has 10 nitrogen and oxygen atoms in total. The summed E-state index contributed by atoms with van der Waals surface area (Å²) in [6, 6.07) is 9.19. The minimum atomic E-state index is -3.52. The largest absolute Gasteiger partial charge is 0.390 e. The highest BCUT2D eigenvalue weighted by molar-refractivity contribution is 7.91. The number of amides is 2. The average molecular weight is 644 g/mol. The third kappa shape index (κ3) is 11.7. The molecule has 1 heterocycles. The molecule has 0 bridgehead atoms. The van der Waals surface area contributed by atoms with Crippen LogP contribution < -0.4 is 16.0 Å². The second-order valence-corrected chi connectivity index (χ2v) is 13.2. The summed E-state index contributed by atoms with van der Waals surface area (Å²) >= 11 is 0. The van der Waals surface area contributed by atoms with Crippen molar-refractivity contribution in [2.45, 2.75) is 64.3 Å². The predicted octanol–water partition coefficient (Wildman–Crippen LogP) is 2.56. The zero-order chi connectivity index (χ0) is 33.0. The number of benzene rings is 2. The molecule has 1 aromatic heterocycles. The Morgan fingerprint density at radius 2 is 1.80 bits per heavy atom. The summed E-state index contributed by atoms with van der Waals surface area (Å²) in [5, 5.41) is 26.0. The van der Waals surface area contributed by atoms with E-state index in [0.717, 1.165) is 17.7 Å². The van der Waals surface area contributed by atoms with Gasteiger partial charge in [-0.05, 0) is 67.6 Å². The van der Waals surface area contributed by atoms with Gasteiger partial charge in [0.2, 0.25) is 5.91 Å². The first-order valence-corrected chi connectivity index (χ1v) is 16.4. The number of carbonyl (C=O) groups excluding carboxylic acids is 2. The molecule has 45 heavy (non-hydrogen) atoms. The van der Waals surface area contributed by atoms with Crippen LogP contribution in [0.5, 0.6) is 0 Å². The predicted molar refractivity (Wildman–Crippen MR) is 167 cm³/mol. The highest BCUT2D eigenvalue weighted by atomic mass is 32.2. The van der Waals surface area contributed by atoms with Crippen molar-refractivity contribution in [3.05, 3.63) is 88.2 Å². The van der Waals surface area contributed by atoms with Gasteiger partial charge >= 0.3 is 0 Å². The molecule has 3 atom stereocenters. The number of nitrogens with one attached hydrogen (secondary N) is 4. The molecule has 0 saturated carbocycles. The molecule has 13 heteroatoms. The van der Waals surface area contributed by atoms with Gasteiger partial charge in [-0.25, -0.2) is 17.2 Å². The molecule has 5 N–H and O–H groups in total. The Hall–Kier alpha value is -4.12. The van der Waals surface area contributed by atoms with Gasteiger partial charge < -0.3 is 21.1 Å². The minimum absolute atomic E-state index is 0.00376. The van der Waals surface area contributed by atoms with E-state index in [1.54, 1.807) is 25.1 Å². The molecule has 0 radical (unpaired) electrons. The second kappa shape index (κ2) is 16.8. The summed E-state index contributed by atoms with van der Waals surface area (Å²) in [6.45, 7) is 3.85. The summed E-state index contributed by atoms with van der Waals surface area (Å²) in [5.74, 6) is -1.01. The van der Waals surface area contributed by atoms with Crippen LogP contribution in [0.3, 0.4) is 0 Å². The molecule has 0 aliphatic carbocycles. The first kappa shape index (κ1) is 35.4. The maximum atomic E-state index is 14.0. The molecule has 0 saturated heterocycles. The van der Waals surface area contributed by atoms with Crippen molar-refractivity contribution in [1.29, 1.82) is 0 Å². The van der Waals surface area contributed by atoms with Gasteiger partial charge in [-0.15, -0.1) is 6.42 Å². The van der Waals surface area contributed by atoms with Crippen molar-refractivity contribution in [1.82, 2.24) is 26.1 Å². The van der Waals surface area contributed by atoms with E-state index < -0.39 is 51.5 Å². The molecule has 0 fully saturated rings. The van der Waals surface area contributed by atoms with Gasteiger partial charge in [-0.3, -0.25) is 14.7 Å². The lowest BCUT2D eigenvalue weighted by Crippen LogP contribution is -2.55. The molecular formula is C32H39F2N5O5S. The standard InChI is InChI=1S/C32H39F2N5O5S/c1-4-6-11-45(43,44)12-10-27(36-32(42)29-13-21(3)38-39-29)31(41)37-28(17-24-15-25(33)18-26(34)16-24)30(40)20-35-19-23-9-7-8-22(5-2)14-23/h2,7-9,13-16,18,27-28,30,35,40H,4,6,10-12,17,19-20H2,1,3H3,(H,36,42)(H,37,41)(H,38,39)/t27-,28+,30+/m1/s1. The van der Waals surface area contributed by atoms with Crippen LogP contribution in [-0.4, -0.2) is 71.8 Å². The topological polar surface area (TPSA) is 153 Å². The highest BCUT2D eigenvalue weighted by Crippen LogP contribution is 2.13. The zero-order valence-corrected chi connectivity index (χ0v) is 26.1. The molecule has 242 valence electrons. The number of aromatic amines is 1. The van der Waals surface area contributed by atoms with E-state index in [1.165, 1.54) is 6.07 Å². The number of hydrogen-bond donors (Lipinski definition) is 5. The van der Waals surface area contributed by atoms with Crippen molar-refractivity contribution in [2.75, 3.05) is 18.1 Å². The van der Waals surface area contributed by atoms with Crippen LogP contribution in [0.2, 0.25) is 0 Å².